The Balaban J connectivity index is 2.45. The van der Waals surface area contributed by atoms with E-state index in [1.165, 1.54) is 19.1 Å². The molecule has 4 nitrogen and oxygen atoms in total. The molecule has 0 radical (unpaired) electrons. The molecule has 0 saturated heterocycles. The number of esters is 1. The van der Waals surface area contributed by atoms with Crippen molar-refractivity contribution in [1.82, 2.24) is 0 Å². The third-order valence-corrected chi connectivity index (χ3v) is 3.02. The Hall–Kier alpha value is -1.97. The normalized spacial score (nSPS) is 15.8. The number of hydrogen-bond acceptors (Lipinski definition) is 4. The highest BCUT2D eigenvalue weighted by Gasteiger charge is 2.17. The first-order valence-electron chi connectivity index (χ1n) is 6.66. The molecule has 0 bridgehead atoms. The molecule has 1 rings (SSSR count). The minimum absolute atomic E-state index is 0.0615. The van der Waals surface area contributed by atoms with Gasteiger partial charge in [0.15, 0.2) is 11.6 Å². The lowest BCUT2D eigenvalue weighted by Gasteiger charge is -2.09. The SMILES string of the molecule is CC(=O)OCCC/C(C)=C/CC1=CC(=O)C=C(C)C1=O. The van der Waals surface area contributed by atoms with Crippen LogP contribution in [-0.4, -0.2) is 24.1 Å². The van der Waals surface area contributed by atoms with E-state index in [0.29, 0.717) is 24.2 Å². The van der Waals surface area contributed by atoms with Crippen LogP contribution < -0.4 is 0 Å². The molecule has 0 heterocycles. The monoisotopic (exact) mass is 276 g/mol. The number of rotatable bonds is 6. The van der Waals surface area contributed by atoms with Crippen molar-refractivity contribution >= 4 is 17.5 Å². The second-order valence-corrected chi connectivity index (χ2v) is 4.93. The third-order valence-electron chi connectivity index (χ3n) is 3.02. The number of ketones is 2. The summed E-state index contributed by atoms with van der Waals surface area (Å²) in [5.74, 6) is -0.461. The number of Topliss-reactive ketones (excluding diaryl/α,β-unsaturated/α-hetero) is 1. The van der Waals surface area contributed by atoms with Gasteiger partial charge in [-0.25, -0.2) is 0 Å². The molecule has 1 aliphatic rings. The van der Waals surface area contributed by atoms with Gasteiger partial charge in [0.05, 0.1) is 6.61 Å². The zero-order valence-electron chi connectivity index (χ0n) is 12.2. The summed E-state index contributed by atoms with van der Waals surface area (Å²) >= 11 is 0. The molecule has 0 atom stereocenters. The highest BCUT2D eigenvalue weighted by Crippen LogP contribution is 2.17. The maximum Gasteiger partial charge on any atom is 0.302 e. The summed E-state index contributed by atoms with van der Waals surface area (Å²) in [6.07, 6.45) is 6.74. The first kappa shape index (κ1) is 16.1. The number of carbonyl (C=O) groups is 3. The highest BCUT2D eigenvalue weighted by atomic mass is 16.5. The number of carbonyl (C=O) groups excluding carboxylic acids is 3. The molecule has 0 fully saturated rings. The van der Waals surface area contributed by atoms with Crippen LogP contribution in [0.4, 0.5) is 0 Å². The van der Waals surface area contributed by atoms with Gasteiger partial charge < -0.3 is 4.74 Å². The number of ether oxygens (including phenoxy) is 1. The first-order valence-corrected chi connectivity index (χ1v) is 6.66. The van der Waals surface area contributed by atoms with Gasteiger partial charge in [-0.2, -0.15) is 0 Å². The molecule has 1 aliphatic carbocycles. The van der Waals surface area contributed by atoms with Crippen LogP contribution in [0, 0.1) is 0 Å². The minimum atomic E-state index is -0.273. The lowest BCUT2D eigenvalue weighted by Crippen LogP contribution is -2.12. The lowest BCUT2D eigenvalue weighted by molar-refractivity contribution is -0.141. The van der Waals surface area contributed by atoms with Gasteiger partial charge in [-0.05, 0) is 45.3 Å². The predicted molar refractivity (Wildman–Crippen MR) is 76.1 cm³/mol. The van der Waals surface area contributed by atoms with Gasteiger partial charge in [0.25, 0.3) is 0 Å². The average Bonchev–Trinajstić information content (AvgIpc) is 2.37. The van der Waals surface area contributed by atoms with E-state index in [2.05, 4.69) is 0 Å². The van der Waals surface area contributed by atoms with Crippen molar-refractivity contribution in [2.75, 3.05) is 6.61 Å². The van der Waals surface area contributed by atoms with Crippen LogP contribution in [0.5, 0.6) is 0 Å². The van der Waals surface area contributed by atoms with Crippen LogP contribution in [-0.2, 0) is 19.1 Å². The largest absolute Gasteiger partial charge is 0.466 e. The summed E-state index contributed by atoms with van der Waals surface area (Å²) in [4.78, 5) is 33.8. The molecular formula is C16H20O4. The maximum atomic E-state index is 11.8. The Bertz CT molecular complexity index is 507. The van der Waals surface area contributed by atoms with Crippen LogP contribution in [0.15, 0.2) is 34.9 Å². The van der Waals surface area contributed by atoms with Crippen LogP contribution in [0.25, 0.3) is 0 Å². The van der Waals surface area contributed by atoms with Crippen molar-refractivity contribution in [2.45, 2.75) is 40.0 Å². The minimum Gasteiger partial charge on any atom is -0.466 e. The summed E-state index contributed by atoms with van der Waals surface area (Å²) in [7, 11) is 0. The van der Waals surface area contributed by atoms with Gasteiger partial charge in [0.1, 0.15) is 0 Å². The van der Waals surface area contributed by atoms with E-state index >= 15 is 0 Å². The standard InChI is InChI=1S/C16H20O4/c1-11(5-4-8-20-13(3)17)6-7-14-10-15(18)9-12(2)16(14)19/h6,9-10H,4-5,7-8H2,1-3H3/b11-6+. The molecular weight excluding hydrogens is 256 g/mol. The molecule has 0 spiro atoms. The van der Waals surface area contributed by atoms with Gasteiger partial charge in [-0.15, -0.1) is 0 Å². The Labute approximate surface area is 119 Å². The molecule has 0 aliphatic heterocycles. The Morgan fingerprint density at radius 3 is 2.60 bits per heavy atom. The summed E-state index contributed by atoms with van der Waals surface area (Å²) in [5, 5.41) is 0. The topological polar surface area (TPSA) is 60.4 Å². The van der Waals surface area contributed by atoms with Crippen LogP contribution in [0.3, 0.4) is 0 Å². The van der Waals surface area contributed by atoms with Crippen molar-refractivity contribution in [3.8, 4) is 0 Å². The number of hydrogen-bond donors (Lipinski definition) is 0. The molecule has 0 unspecified atom stereocenters. The van der Waals surface area contributed by atoms with Gasteiger partial charge in [-0.1, -0.05) is 11.6 Å². The molecule has 0 aromatic heterocycles. The van der Waals surface area contributed by atoms with Crippen LogP contribution in [0.2, 0.25) is 0 Å². The third kappa shape index (κ3) is 5.34. The zero-order valence-corrected chi connectivity index (χ0v) is 12.2. The molecule has 4 heteroatoms. The van der Waals surface area contributed by atoms with E-state index in [1.54, 1.807) is 6.92 Å². The quantitative estimate of drug-likeness (QED) is 0.324. The van der Waals surface area contributed by atoms with E-state index in [-0.39, 0.29) is 17.5 Å². The fraction of sp³-hybridized carbons (Fsp3) is 0.438. The molecule has 108 valence electrons. The zero-order chi connectivity index (χ0) is 15.1. The van der Waals surface area contributed by atoms with Gasteiger partial charge in [0.2, 0.25) is 0 Å². The van der Waals surface area contributed by atoms with Crippen LogP contribution >= 0.6 is 0 Å². The second-order valence-electron chi connectivity index (χ2n) is 4.93. The first-order chi connectivity index (χ1) is 9.40. The van der Waals surface area contributed by atoms with Crippen molar-refractivity contribution in [1.29, 1.82) is 0 Å². The van der Waals surface area contributed by atoms with Crippen molar-refractivity contribution in [3.63, 3.8) is 0 Å². The Morgan fingerprint density at radius 2 is 1.95 bits per heavy atom. The van der Waals surface area contributed by atoms with E-state index in [0.717, 1.165) is 18.4 Å². The summed E-state index contributed by atoms with van der Waals surface area (Å²) in [5.41, 5.74) is 2.15. The Kier molecular flexibility index (Phi) is 6.10. The van der Waals surface area contributed by atoms with E-state index in [1.807, 2.05) is 13.0 Å². The fourth-order valence-corrected chi connectivity index (χ4v) is 1.92. The van der Waals surface area contributed by atoms with E-state index < -0.39 is 0 Å². The summed E-state index contributed by atoms with van der Waals surface area (Å²) in [6.45, 7) is 5.41. The van der Waals surface area contributed by atoms with Gasteiger partial charge in [-0.3, -0.25) is 14.4 Å². The summed E-state index contributed by atoms with van der Waals surface area (Å²) in [6, 6.07) is 0. The van der Waals surface area contributed by atoms with Crippen molar-refractivity contribution in [2.24, 2.45) is 0 Å². The van der Waals surface area contributed by atoms with E-state index in [4.69, 9.17) is 4.74 Å². The smallest absolute Gasteiger partial charge is 0.302 e. The average molecular weight is 276 g/mol. The van der Waals surface area contributed by atoms with Crippen LogP contribution in [0.1, 0.15) is 40.0 Å². The van der Waals surface area contributed by atoms with Crippen molar-refractivity contribution < 1.29 is 19.1 Å². The fourth-order valence-electron chi connectivity index (χ4n) is 1.92. The molecule has 20 heavy (non-hydrogen) atoms. The molecule has 0 N–H and O–H groups in total. The molecule has 0 saturated carbocycles. The highest BCUT2D eigenvalue weighted by molar-refractivity contribution is 6.20. The molecule has 0 aromatic rings. The van der Waals surface area contributed by atoms with E-state index in [9.17, 15) is 14.4 Å². The number of allylic oxidation sites excluding steroid dienone is 6. The Morgan fingerprint density at radius 1 is 1.25 bits per heavy atom. The lowest BCUT2D eigenvalue weighted by atomic mass is 9.94. The van der Waals surface area contributed by atoms with Gasteiger partial charge >= 0.3 is 5.97 Å². The second kappa shape index (κ2) is 7.58. The van der Waals surface area contributed by atoms with Crippen molar-refractivity contribution in [3.05, 3.63) is 34.9 Å². The summed E-state index contributed by atoms with van der Waals surface area (Å²) < 4.78 is 4.85. The maximum absolute atomic E-state index is 11.8. The van der Waals surface area contributed by atoms with Gasteiger partial charge in [0, 0.05) is 18.1 Å². The molecule has 0 aromatic carbocycles. The predicted octanol–water partition coefficient (Wildman–Crippen LogP) is 2.69. The molecule has 0 amide bonds.